The van der Waals surface area contributed by atoms with Gasteiger partial charge in [0.1, 0.15) is 6.07 Å². The molecule has 0 saturated heterocycles. The number of anilines is 1. The molecule has 118 valence electrons. The molecule has 3 rings (SSSR count). The van der Waals surface area contributed by atoms with E-state index >= 15 is 0 Å². The Morgan fingerprint density at radius 1 is 1.25 bits per heavy atom. The summed E-state index contributed by atoms with van der Waals surface area (Å²) in [6, 6.07) is 15.0. The molecular weight excluding hydrogens is 304 g/mol. The summed E-state index contributed by atoms with van der Waals surface area (Å²) in [5.74, 6) is -0.607. The molecule has 0 amide bonds. The fourth-order valence-electron chi connectivity index (χ4n) is 2.53. The second-order valence-electron chi connectivity index (χ2n) is 5.01. The van der Waals surface area contributed by atoms with Gasteiger partial charge in [-0.2, -0.15) is 5.26 Å². The summed E-state index contributed by atoms with van der Waals surface area (Å²) in [6.07, 6.45) is 3.22. The maximum Gasteiger partial charge on any atom is 0.357 e. The van der Waals surface area contributed by atoms with Gasteiger partial charge in [0.2, 0.25) is 0 Å². The Labute approximate surface area is 138 Å². The maximum absolute atomic E-state index is 12.2. The highest BCUT2D eigenvalue weighted by Gasteiger charge is 2.23. The average Bonchev–Trinajstić information content (AvgIpc) is 2.98. The van der Waals surface area contributed by atoms with Crippen LogP contribution in [0.15, 0.2) is 54.9 Å². The second kappa shape index (κ2) is 6.26. The van der Waals surface area contributed by atoms with E-state index in [0.717, 1.165) is 11.3 Å². The Kier molecular flexibility index (Phi) is 4.00. The summed E-state index contributed by atoms with van der Waals surface area (Å²) in [7, 11) is 1.27. The summed E-state index contributed by atoms with van der Waals surface area (Å²) in [5.41, 5.74) is 8.63. The van der Waals surface area contributed by atoms with E-state index in [1.54, 1.807) is 10.8 Å². The molecule has 0 saturated carbocycles. The fourth-order valence-corrected chi connectivity index (χ4v) is 2.53. The zero-order chi connectivity index (χ0) is 17.1. The molecule has 0 radical (unpaired) electrons. The zero-order valence-electron chi connectivity index (χ0n) is 12.9. The Morgan fingerprint density at radius 2 is 2.00 bits per heavy atom. The molecule has 0 aliphatic heterocycles. The van der Waals surface area contributed by atoms with E-state index in [1.165, 1.54) is 13.3 Å². The number of esters is 1. The Bertz CT molecular complexity index is 939. The third kappa shape index (κ3) is 2.48. The molecule has 2 aromatic heterocycles. The number of hydrogen-bond donors (Lipinski definition) is 1. The lowest BCUT2D eigenvalue weighted by atomic mass is 10.1. The van der Waals surface area contributed by atoms with E-state index in [9.17, 15) is 10.1 Å². The summed E-state index contributed by atoms with van der Waals surface area (Å²) >= 11 is 0. The van der Waals surface area contributed by atoms with Gasteiger partial charge in [0, 0.05) is 18.0 Å². The van der Waals surface area contributed by atoms with Crippen molar-refractivity contribution in [2.24, 2.45) is 0 Å². The number of nitrogens with zero attached hydrogens (tertiary/aromatic N) is 3. The van der Waals surface area contributed by atoms with Gasteiger partial charge in [0.05, 0.1) is 29.7 Å². The molecule has 0 bridgehead atoms. The number of benzene rings is 1. The third-order valence-corrected chi connectivity index (χ3v) is 3.65. The number of pyridine rings is 1. The Morgan fingerprint density at radius 3 is 2.67 bits per heavy atom. The van der Waals surface area contributed by atoms with E-state index in [2.05, 4.69) is 4.98 Å². The molecule has 6 nitrogen and oxygen atoms in total. The van der Waals surface area contributed by atoms with Crippen molar-refractivity contribution in [3.8, 4) is 23.0 Å². The minimum atomic E-state index is -0.607. The van der Waals surface area contributed by atoms with Crippen LogP contribution in [0, 0.1) is 11.3 Å². The Balaban J connectivity index is 2.29. The van der Waals surface area contributed by atoms with Crippen molar-refractivity contribution >= 4 is 11.7 Å². The first kappa shape index (κ1) is 15.3. The van der Waals surface area contributed by atoms with Crippen molar-refractivity contribution in [2.75, 3.05) is 12.8 Å². The molecule has 0 spiro atoms. The smallest absolute Gasteiger partial charge is 0.357 e. The first-order valence-corrected chi connectivity index (χ1v) is 7.17. The normalized spacial score (nSPS) is 10.2. The highest BCUT2D eigenvalue weighted by Crippen LogP contribution is 2.30. The zero-order valence-corrected chi connectivity index (χ0v) is 12.9. The van der Waals surface area contributed by atoms with Crippen LogP contribution in [0.25, 0.3) is 16.9 Å². The standard InChI is InChI=1S/C18H14N4O2/c1-24-18(23)17-16(20)12(10-19)11-22(17)15-8-3-2-6-13(15)14-7-4-5-9-21-14/h2-9,11H,20H2,1H3. The van der Waals surface area contributed by atoms with E-state index in [1.807, 2.05) is 48.5 Å². The lowest BCUT2D eigenvalue weighted by Gasteiger charge is -2.13. The fraction of sp³-hybridized carbons (Fsp3) is 0.0556. The average molecular weight is 318 g/mol. The third-order valence-electron chi connectivity index (χ3n) is 3.65. The van der Waals surface area contributed by atoms with Gasteiger partial charge in [-0.3, -0.25) is 4.98 Å². The van der Waals surface area contributed by atoms with E-state index in [-0.39, 0.29) is 16.9 Å². The van der Waals surface area contributed by atoms with Crippen molar-refractivity contribution in [1.82, 2.24) is 9.55 Å². The van der Waals surface area contributed by atoms with Crippen molar-refractivity contribution in [3.63, 3.8) is 0 Å². The lowest BCUT2D eigenvalue weighted by molar-refractivity contribution is 0.0593. The number of nitrogens with two attached hydrogens (primary N) is 1. The van der Waals surface area contributed by atoms with Crippen molar-refractivity contribution in [3.05, 3.63) is 66.1 Å². The largest absolute Gasteiger partial charge is 0.464 e. The van der Waals surface area contributed by atoms with Crippen LogP contribution >= 0.6 is 0 Å². The second-order valence-corrected chi connectivity index (χ2v) is 5.01. The number of carbonyl (C=O) groups excluding carboxylic acids is 1. The van der Waals surface area contributed by atoms with Gasteiger partial charge >= 0.3 is 5.97 Å². The van der Waals surface area contributed by atoms with Crippen LogP contribution in [0.3, 0.4) is 0 Å². The minimum Gasteiger partial charge on any atom is -0.464 e. The van der Waals surface area contributed by atoms with Gasteiger partial charge < -0.3 is 15.0 Å². The van der Waals surface area contributed by atoms with Gasteiger partial charge in [0.25, 0.3) is 0 Å². The molecule has 0 unspecified atom stereocenters. The number of para-hydroxylation sites is 1. The van der Waals surface area contributed by atoms with E-state index in [4.69, 9.17) is 10.5 Å². The number of hydrogen-bond acceptors (Lipinski definition) is 5. The van der Waals surface area contributed by atoms with Gasteiger partial charge in [-0.05, 0) is 18.2 Å². The summed E-state index contributed by atoms with van der Waals surface area (Å²) < 4.78 is 6.39. The van der Waals surface area contributed by atoms with Crippen molar-refractivity contribution in [2.45, 2.75) is 0 Å². The number of aromatic nitrogens is 2. The number of rotatable bonds is 3. The molecule has 0 fully saturated rings. The first-order chi connectivity index (χ1) is 11.7. The summed E-state index contributed by atoms with van der Waals surface area (Å²) in [5, 5.41) is 9.24. The summed E-state index contributed by atoms with van der Waals surface area (Å²) in [6.45, 7) is 0. The molecule has 1 aromatic carbocycles. The highest BCUT2D eigenvalue weighted by atomic mass is 16.5. The predicted molar refractivity (Wildman–Crippen MR) is 89.5 cm³/mol. The van der Waals surface area contributed by atoms with Gasteiger partial charge in [-0.1, -0.05) is 24.3 Å². The van der Waals surface area contributed by atoms with Gasteiger partial charge in [-0.15, -0.1) is 0 Å². The molecule has 3 aromatic rings. The van der Waals surface area contributed by atoms with Crippen LogP contribution in [0.5, 0.6) is 0 Å². The molecule has 24 heavy (non-hydrogen) atoms. The van der Waals surface area contributed by atoms with Crippen LogP contribution in [0.4, 0.5) is 5.69 Å². The van der Waals surface area contributed by atoms with Crippen LogP contribution in [0.1, 0.15) is 16.1 Å². The molecular formula is C18H14N4O2. The first-order valence-electron chi connectivity index (χ1n) is 7.17. The lowest BCUT2D eigenvalue weighted by Crippen LogP contribution is -2.11. The topological polar surface area (TPSA) is 93.9 Å². The van der Waals surface area contributed by atoms with Crippen molar-refractivity contribution < 1.29 is 9.53 Å². The Hall–Kier alpha value is -3.59. The van der Waals surface area contributed by atoms with E-state index < -0.39 is 5.97 Å². The number of nitriles is 1. The van der Waals surface area contributed by atoms with E-state index in [0.29, 0.717) is 5.69 Å². The molecule has 0 aliphatic carbocycles. The highest BCUT2D eigenvalue weighted by molar-refractivity contribution is 5.96. The van der Waals surface area contributed by atoms with Crippen LogP contribution < -0.4 is 5.73 Å². The molecule has 2 heterocycles. The molecule has 6 heteroatoms. The SMILES string of the molecule is COC(=O)c1c(N)c(C#N)cn1-c1ccccc1-c1ccccn1. The number of methoxy groups -OCH3 is 1. The number of ether oxygens (including phenoxy) is 1. The molecule has 0 atom stereocenters. The van der Waals surface area contributed by atoms with Crippen LogP contribution in [-0.2, 0) is 4.74 Å². The molecule has 0 aliphatic rings. The summed E-state index contributed by atoms with van der Waals surface area (Å²) in [4.78, 5) is 16.5. The van der Waals surface area contributed by atoms with Crippen LogP contribution in [0.2, 0.25) is 0 Å². The molecule has 2 N–H and O–H groups in total. The van der Waals surface area contributed by atoms with Crippen LogP contribution in [-0.4, -0.2) is 22.6 Å². The maximum atomic E-state index is 12.2. The predicted octanol–water partition coefficient (Wildman–Crippen LogP) is 2.78. The monoisotopic (exact) mass is 318 g/mol. The van der Waals surface area contributed by atoms with Gasteiger partial charge in [-0.25, -0.2) is 4.79 Å². The number of nitrogen functional groups attached to an aromatic ring is 1. The van der Waals surface area contributed by atoms with Crippen molar-refractivity contribution in [1.29, 1.82) is 5.26 Å². The van der Waals surface area contributed by atoms with Gasteiger partial charge in [0.15, 0.2) is 5.69 Å². The quantitative estimate of drug-likeness (QED) is 0.749. The minimum absolute atomic E-state index is 0.0974. The number of carbonyl (C=O) groups is 1.